The molecule has 1 aliphatic carbocycles. The number of hydrogen-bond donors (Lipinski definition) is 1. The number of carbonyl (C=O) groups excluding carboxylic acids is 1. The van der Waals surface area contributed by atoms with Crippen molar-refractivity contribution in [3.63, 3.8) is 0 Å². The molecule has 0 bridgehead atoms. The number of ketones is 1. The minimum atomic E-state index is -0.0841. The number of Topliss-reactive ketones (excluding diaryl/α,β-unsaturated/α-hetero) is 1. The van der Waals surface area contributed by atoms with Crippen molar-refractivity contribution in [3.05, 3.63) is 36.0 Å². The summed E-state index contributed by atoms with van der Waals surface area (Å²) in [4.78, 5) is 15.5. The predicted octanol–water partition coefficient (Wildman–Crippen LogP) is 4.20. The smallest absolute Gasteiger partial charge is 0.136 e. The number of rotatable bonds is 2. The van der Waals surface area contributed by atoms with E-state index in [2.05, 4.69) is 43.1 Å². The first-order valence-corrected chi connectivity index (χ1v) is 7.20. The topological polar surface area (TPSA) is 32.9 Å². The third kappa shape index (κ3) is 1.99. The molecule has 1 aromatic heterocycles. The molecule has 19 heavy (non-hydrogen) atoms. The van der Waals surface area contributed by atoms with E-state index in [1.165, 1.54) is 17.4 Å². The summed E-state index contributed by atoms with van der Waals surface area (Å²) >= 11 is 0. The minimum Gasteiger partial charge on any atom is -0.361 e. The Bertz CT molecular complexity index is 609. The fourth-order valence-corrected chi connectivity index (χ4v) is 3.58. The maximum atomic E-state index is 12.3. The van der Waals surface area contributed by atoms with Crippen LogP contribution < -0.4 is 0 Å². The summed E-state index contributed by atoms with van der Waals surface area (Å²) in [5.41, 5.74) is 2.37. The normalized spacial score (nSPS) is 20.9. The molecule has 2 aromatic rings. The summed E-state index contributed by atoms with van der Waals surface area (Å²) in [6, 6.07) is 8.48. The fourth-order valence-electron chi connectivity index (χ4n) is 3.58. The number of carbonyl (C=O) groups is 1. The van der Waals surface area contributed by atoms with E-state index in [1.807, 2.05) is 6.20 Å². The third-order valence-electron chi connectivity index (χ3n) is 4.71. The standard InChI is InChI=1S/C17H21NO/c1-17(2,14-6-3-4-9-16(14)19)13-7-5-8-15-12(13)10-11-18-15/h5,7-8,10-11,14,18H,3-4,6,9H2,1-2H3. The number of fused-ring (bicyclic) bond motifs is 1. The van der Waals surface area contributed by atoms with Crippen LogP contribution in [0.4, 0.5) is 0 Å². The van der Waals surface area contributed by atoms with Crippen molar-refractivity contribution in [2.75, 3.05) is 0 Å². The van der Waals surface area contributed by atoms with Gasteiger partial charge in [0.2, 0.25) is 0 Å². The van der Waals surface area contributed by atoms with E-state index in [0.717, 1.165) is 24.8 Å². The van der Waals surface area contributed by atoms with Gasteiger partial charge in [-0.05, 0) is 30.5 Å². The molecule has 1 heterocycles. The maximum absolute atomic E-state index is 12.3. The minimum absolute atomic E-state index is 0.0841. The van der Waals surface area contributed by atoms with Crippen LogP contribution in [0.15, 0.2) is 30.5 Å². The van der Waals surface area contributed by atoms with Gasteiger partial charge in [-0.2, -0.15) is 0 Å². The lowest BCUT2D eigenvalue weighted by Gasteiger charge is -2.36. The fraction of sp³-hybridized carbons (Fsp3) is 0.471. The monoisotopic (exact) mass is 255 g/mol. The Hall–Kier alpha value is -1.57. The second kappa shape index (κ2) is 4.52. The Kier molecular flexibility index (Phi) is 2.96. The van der Waals surface area contributed by atoms with Crippen molar-refractivity contribution in [2.45, 2.75) is 44.9 Å². The summed E-state index contributed by atoms with van der Waals surface area (Å²) in [5.74, 6) is 0.616. The Morgan fingerprint density at radius 3 is 2.84 bits per heavy atom. The van der Waals surface area contributed by atoms with Gasteiger partial charge in [0.15, 0.2) is 0 Å². The molecule has 0 radical (unpaired) electrons. The maximum Gasteiger partial charge on any atom is 0.136 e. The zero-order valence-electron chi connectivity index (χ0n) is 11.7. The first-order valence-electron chi connectivity index (χ1n) is 7.20. The Labute approximate surface area is 114 Å². The van der Waals surface area contributed by atoms with Gasteiger partial charge in [0.1, 0.15) is 5.78 Å². The highest BCUT2D eigenvalue weighted by Gasteiger charge is 2.38. The number of hydrogen-bond acceptors (Lipinski definition) is 1. The van der Waals surface area contributed by atoms with Crippen LogP contribution in [0.5, 0.6) is 0 Å². The van der Waals surface area contributed by atoms with Gasteiger partial charge in [0.25, 0.3) is 0 Å². The van der Waals surface area contributed by atoms with Crippen molar-refractivity contribution in [2.24, 2.45) is 5.92 Å². The number of aromatic amines is 1. The molecule has 0 spiro atoms. The zero-order chi connectivity index (χ0) is 13.5. The summed E-state index contributed by atoms with van der Waals surface area (Å²) in [6.45, 7) is 4.45. The average molecular weight is 255 g/mol. The molecule has 1 unspecified atom stereocenters. The molecule has 2 nitrogen and oxygen atoms in total. The summed E-state index contributed by atoms with van der Waals surface area (Å²) < 4.78 is 0. The molecule has 1 aliphatic rings. The average Bonchev–Trinajstić information content (AvgIpc) is 2.86. The van der Waals surface area contributed by atoms with Crippen molar-refractivity contribution in [1.82, 2.24) is 4.98 Å². The van der Waals surface area contributed by atoms with Gasteiger partial charge in [0, 0.05) is 34.9 Å². The van der Waals surface area contributed by atoms with Gasteiger partial charge in [-0.1, -0.05) is 32.4 Å². The Morgan fingerprint density at radius 1 is 1.21 bits per heavy atom. The number of nitrogens with one attached hydrogen (secondary N) is 1. The Balaban J connectivity index is 2.08. The molecule has 1 N–H and O–H groups in total. The van der Waals surface area contributed by atoms with Gasteiger partial charge in [-0.3, -0.25) is 4.79 Å². The number of benzene rings is 1. The Morgan fingerprint density at radius 2 is 2.05 bits per heavy atom. The molecule has 0 saturated heterocycles. The van der Waals surface area contributed by atoms with Crippen LogP contribution in [0, 0.1) is 5.92 Å². The van der Waals surface area contributed by atoms with E-state index in [1.54, 1.807) is 0 Å². The van der Waals surface area contributed by atoms with E-state index in [0.29, 0.717) is 5.78 Å². The van der Waals surface area contributed by atoms with Crippen molar-refractivity contribution >= 4 is 16.7 Å². The summed E-state index contributed by atoms with van der Waals surface area (Å²) in [7, 11) is 0. The predicted molar refractivity (Wildman–Crippen MR) is 78.3 cm³/mol. The molecule has 1 fully saturated rings. The molecular formula is C17H21NO. The highest BCUT2D eigenvalue weighted by molar-refractivity contribution is 5.87. The van der Waals surface area contributed by atoms with Gasteiger partial charge in [0.05, 0.1) is 0 Å². The van der Waals surface area contributed by atoms with E-state index in [-0.39, 0.29) is 11.3 Å². The molecule has 1 saturated carbocycles. The van der Waals surface area contributed by atoms with E-state index in [4.69, 9.17) is 0 Å². The molecule has 0 aliphatic heterocycles. The van der Waals surface area contributed by atoms with Crippen LogP contribution in [-0.4, -0.2) is 10.8 Å². The van der Waals surface area contributed by atoms with Gasteiger partial charge < -0.3 is 4.98 Å². The molecule has 2 heteroatoms. The number of H-pyrrole nitrogens is 1. The molecule has 0 amide bonds. The first kappa shape index (κ1) is 12.5. The van der Waals surface area contributed by atoms with E-state index < -0.39 is 0 Å². The molecule has 3 rings (SSSR count). The largest absolute Gasteiger partial charge is 0.361 e. The second-order valence-corrected chi connectivity index (χ2v) is 6.23. The van der Waals surface area contributed by atoms with Gasteiger partial charge in [-0.15, -0.1) is 0 Å². The zero-order valence-corrected chi connectivity index (χ0v) is 11.7. The van der Waals surface area contributed by atoms with Crippen LogP contribution in [0.1, 0.15) is 45.1 Å². The van der Waals surface area contributed by atoms with Crippen LogP contribution >= 0.6 is 0 Å². The summed E-state index contributed by atoms with van der Waals surface area (Å²) in [6.07, 6.45) is 6.03. The molecule has 100 valence electrons. The second-order valence-electron chi connectivity index (χ2n) is 6.23. The van der Waals surface area contributed by atoms with Gasteiger partial charge >= 0.3 is 0 Å². The van der Waals surface area contributed by atoms with Gasteiger partial charge in [-0.25, -0.2) is 0 Å². The van der Waals surface area contributed by atoms with E-state index in [9.17, 15) is 4.79 Å². The van der Waals surface area contributed by atoms with Crippen LogP contribution in [-0.2, 0) is 10.2 Å². The van der Waals surface area contributed by atoms with Crippen LogP contribution in [0.2, 0.25) is 0 Å². The van der Waals surface area contributed by atoms with Crippen LogP contribution in [0.25, 0.3) is 10.9 Å². The van der Waals surface area contributed by atoms with Crippen molar-refractivity contribution in [3.8, 4) is 0 Å². The molecule has 1 atom stereocenters. The van der Waals surface area contributed by atoms with E-state index >= 15 is 0 Å². The SMILES string of the molecule is CC(C)(c1cccc2[nH]ccc12)C1CCCCC1=O. The first-order chi connectivity index (χ1) is 9.10. The molecule has 1 aromatic carbocycles. The quantitative estimate of drug-likeness (QED) is 0.857. The number of aromatic nitrogens is 1. The lowest BCUT2D eigenvalue weighted by molar-refractivity contribution is -0.126. The lowest BCUT2D eigenvalue weighted by Crippen LogP contribution is -2.36. The highest BCUT2D eigenvalue weighted by atomic mass is 16.1. The van der Waals surface area contributed by atoms with Crippen molar-refractivity contribution < 1.29 is 4.79 Å². The summed E-state index contributed by atoms with van der Waals surface area (Å²) in [5, 5.41) is 1.26. The highest BCUT2D eigenvalue weighted by Crippen LogP contribution is 2.41. The molecular weight excluding hydrogens is 234 g/mol. The lowest BCUT2D eigenvalue weighted by atomic mass is 9.66. The van der Waals surface area contributed by atoms with Crippen molar-refractivity contribution in [1.29, 1.82) is 0 Å². The third-order valence-corrected chi connectivity index (χ3v) is 4.71. The van der Waals surface area contributed by atoms with Crippen LogP contribution in [0.3, 0.4) is 0 Å².